The van der Waals surface area contributed by atoms with Gasteiger partial charge in [0, 0.05) is 51.0 Å². The van der Waals surface area contributed by atoms with E-state index in [4.69, 9.17) is 4.74 Å². The SMILES string of the molecule is CN1CCN(C(=O)c2cc(-c3ccccc3)c(N3CCOCC3)s2)Cc2ccccc21. The number of likely N-dealkylation sites (N-methyl/N-ethyl adjacent to an activating group) is 1. The summed E-state index contributed by atoms with van der Waals surface area (Å²) in [5, 5.41) is 1.17. The highest BCUT2D eigenvalue weighted by atomic mass is 32.1. The zero-order valence-electron chi connectivity index (χ0n) is 17.8. The quantitative estimate of drug-likeness (QED) is 0.616. The zero-order chi connectivity index (χ0) is 21.2. The molecule has 3 heterocycles. The molecule has 0 unspecified atom stereocenters. The fraction of sp³-hybridized carbons (Fsp3) is 0.320. The molecule has 31 heavy (non-hydrogen) atoms. The summed E-state index contributed by atoms with van der Waals surface area (Å²) in [5.74, 6) is 0.117. The van der Waals surface area contributed by atoms with Gasteiger partial charge < -0.3 is 19.4 Å². The Labute approximate surface area is 187 Å². The fourth-order valence-corrected chi connectivity index (χ4v) is 5.53. The number of hydrogen-bond donors (Lipinski definition) is 0. The minimum atomic E-state index is 0.117. The molecule has 0 radical (unpaired) electrons. The van der Waals surface area contributed by atoms with Crippen molar-refractivity contribution in [2.45, 2.75) is 6.54 Å². The molecule has 0 N–H and O–H groups in total. The van der Waals surface area contributed by atoms with Gasteiger partial charge in [-0.05, 0) is 23.3 Å². The van der Waals surface area contributed by atoms with Crippen molar-refractivity contribution < 1.29 is 9.53 Å². The molecule has 0 spiro atoms. The molecule has 160 valence electrons. The van der Waals surface area contributed by atoms with Crippen molar-refractivity contribution in [2.24, 2.45) is 0 Å². The first-order valence-electron chi connectivity index (χ1n) is 10.8. The van der Waals surface area contributed by atoms with Crippen LogP contribution in [-0.2, 0) is 11.3 Å². The molecule has 5 nitrogen and oxygen atoms in total. The molecule has 3 aromatic rings. The Morgan fingerprint density at radius 1 is 0.935 bits per heavy atom. The summed E-state index contributed by atoms with van der Waals surface area (Å²) in [7, 11) is 2.10. The van der Waals surface area contributed by atoms with E-state index < -0.39 is 0 Å². The smallest absolute Gasteiger partial charge is 0.264 e. The first-order valence-corrected chi connectivity index (χ1v) is 11.6. The maximum Gasteiger partial charge on any atom is 0.264 e. The molecule has 0 saturated carbocycles. The van der Waals surface area contributed by atoms with E-state index in [2.05, 4.69) is 71.4 Å². The topological polar surface area (TPSA) is 36.0 Å². The predicted octanol–water partition coefficient (Wildman–Crippen LogP) is 4.34. The summed E-state index contributed by atoms with van der Waals surface area (Å²) < 4.78 is 5.56. The molecule has 6 heteroatoms. The van der Waals surface area contributed by atoms with Gasteiger partial charge >= 0.3 is 0 Å². The number of amides is 1. The molecular formula is C25H27N3O2S. The van der Waals surface area contributed by atoms with Crippen molar-refractivity contribution in [3.8, 4) is 11.1 Å². The van der Waals surface area contributed by atoms with E-state index in [-0.39, 0.29) is 5.91 Å². The standard InChI is InChI=1S/C25H27N3O2S/c1-26-11-12-28(18-20-9-5-6-10-22(20)26)24(29)23-17-21(19-7-3-2-4-8-19)25(31-23)27-13-15-30-16-14-27/h2-10,17H,11-16,18H2,1H3. The number of rotatable bonds is 3. The molecule has 0 aliphatic carbocycles. The number of para-hydroxylation sites is 1. The summed E-state index contributed by atoms with van der Waals surface area (Å²) in [6.45, 7) is 5.36. The van der Waals surface area contributed by atoms with Crippen LogP contribution in [0.4, 0.5) is 10.7 Å². The fourth-order valence-electron chi connectivity index (χ4n) is 4.33. The zero-order valence-corrected chi connectivity index (χ0v) is 18.6. The van der Waals surface area contributed by atoms with Gasteiger partial charge in [-0.15, -0.1) is 11.3 Å². The minimum Gasteiger partial charge on any atom is -0.378 e. The number of thiophene rings is 1. The third-order valence-corrected chi connectivity index (χ3v) is 7.25. The van der Waals surface area contributed by atoms with E-state index in [1.54, 1.807) is 11.3 Å². The van der Waals surface area contributed by atoms with Crippen LogP contribution in [0, 0.1) is 0 Å². The molecule has 1 amide bonds. The number of benzene rings is 2. The molecule has 1 fully saturated rings. The highest BCUT2D eigenvalue weighted by Crippen LogP contribution is 2.40. The van der Waals surface area contributed by atoms with Gasteiger partial charge in [0.25, 0.3) is 5.91 Å². The number of carbonyl (C=O) groups excluding carboxylic acids is 1. The average molecular weight is 434 g/mol. The van der Waals surface area contributed by atoms with Crippen molar-refractivity contribution in [3.63, 3.8) is 0 Å². The van der Waals surface area contributed by atoms with Crippen molar-refractivity contribution in [1.29, 1.82) is 0 Å². The molecule has 1 saturated heterocycles. The van der Waals surface area contributed by atoms with Crippen LogP contribution in [0.25, 0.3) is 11.1 Å². The van der Waals surface area contributed by atoms with E-state index >= 15 is 0 Å². The van der Waals surface area contributed by atoms with Crippen LogP contribution < -0.4 is 9.80 Å². The van der Waals surface area contributed by atoms with Gasteiger partial charge in [0.05, 0.1) is 23.1 Å². The Morgan fingerprint density at radius 2 is 1.68 bits per heavy atom. The third kappa shape index (κ3) is 4.05. The third-order valence-electron chi connectivity index (χ3n) is 6.06. The van der Waals surface area contributed by atoms with E-state index in [1.165, 1.54) is 16.3 Å². The molecular weight excluding hydrogens is 406 g/mol. The first-order chi connectivity index (χ1) is 15.2. The maximum atomic E-state index is 13.6. The number of ether oxygens (including phenoxy) is 1. The molecule has 0 atom stereocenters. The molecule has 1 aromatic heterocycles. The Bertz CT molecular complexity index is 1060. The van der Waals surface area contributed by atoms with E-state index in [0.29, 0.717) is 6.54 Å². The maximum absolute atomic E-state index is 13.6. The normalized spacial score (nSPS) is 16.7. The second-order valence-electron chi connectivity index (χ2n) is 8.07. The van der Waals surface area contributed by atoms with Gasteiger partial charge in [-0.25, -0.2) is 0 Å². The van der Waals surface area contributed by atoms with Crippen LogP contribution in [0.15, 0.2) is 60.7 Å². The lowest BCUT2D eigenvalue weighted by molar-refractivity contribution is 0.0756. The van der Waals surface area contributed by atoms with Crippen molar-refractivity contribution in [2.75, 3.05) is 56.2 Å². The summed E-state index contributed by atoms with van der Waals surface area (Å²) in [6.07, 6.45) is 0. The van der Waals surface area contributed by atoms with Crippen LogP contribution in [0.2, 0.25) is 0 Å². The highest BCUT2D eigenvalue weighted by Gasteiger charge is 2.26. The molecule has 5 rings (SSSR count). The lowest BCUT2D eigenvalue weighted by Crippen LogP contribution is -2.36. The second-order valence-corrected chi connectivity index (χ2v) is 9.10. The number of hydrogen-bond acceptors (Lipinski definition) is 5. The summed E-state index contributed by atoms with van der Waals surface area (Å²) in [6, 6.07) is 20.9. The number of carbonyl (C=O) groups is 1. The molecule has 2 aliphatic heterocycles. The van der Waals surface area contributed by atoms with Gasteiger partial charge in [0.15, 0.2) is 0 Å². The summed E-state index contributed by atoms with van der Waals surface area (Å²) in [4.78, 5) is 21.0. The number of fused-ring (bicyclic) bond motifs is 1. The van der Waals surface area contributed by atoms with E-state index in [9.17, 15) is 4.79 Å². The number of nitrogens with zero attached hydrogens (tertiary/aromatic N) is 3. The average Bonchev–Trinajstić information content (AvgIpc) is 3.20. The minimum absolute atomic E-state index is 0.117. The van der Waals surface area contributed by atoms with Gasteiger partial charge in [-0.1, -0.05) is 48.5 Å². The van der Waals surface area contributed by atoms with Crippen LogP contribution in [-0.4, -0.2) is 57.2 Å². The molecule has 2 aliphatic rings. The van der Waals surface area contributed by atoms with Crippen LogP contribution in [0.3, 0.4) is 0 Å². The summed E-state index contributed by atoms with van der Waals surface area (Å²) >= 11 is 1.62. The predicted molar refractivity (Wildman–Crippen MR) is 127 cm³/mol. The van der Waals surface area contributed by atoms with Crippen LogP contribution in [0.5, 0.6) is 0 Å². The second kappa shape index (κ2) is 8.73. The summed E-state index contributed by atoms with van der Waals surface area (Å²) in [5.41, 5.74) is 4.70. The Kier molecular flexibility index (Phi) is 5.66. The Balaban J connectivity index is 1.48. The van der Waals surface area contributed by atoms with Crippen molar-refractivity contribution in [3.05, 3.63) is 71.1 Å². The van der Waals surface area contributed by atoms with Crippen molar-refractivity contribution in [1.82, 2.24) is 4.90 Å². The first kappa shape index (κ1) is 20.1. The largest absolute Gasteiger partial charge is 0.378 e. The Hall–Kier alpha value is -2.83. The molecule has 0 bridgehead atoms. The number of morpholine rings is 1. The monoisotopic (exact) mass is 433 g/mol. The van der Waals surface area contributed by atoms with Gasteiger partial charge in [-0.2, -0.15) is 0 Å². The van der Waals surface area contributed by atoms with Crippen molar-refractivity contribution >= 4 is 27.9 Å². The lowest BCUT2D eigenvalue weighted by Gasteiger charge is -2.28. The van der Waals surface area contributed by atoms with E-state index in [0.717, 1.165) is 55.4 Å². The number of anilines is 2. The van der Waals surface area contributed by atoms with Gasteiger partial charge in [-0.3, -0.25) is 4.79 Å². The van der Waals surface area contributed by atoms with Gasteiger partial charge in [0.1, 0.15) is 0 Å². The van der Waals surface area contributed by atoms with E-state index in [1.807, 2.05) is 11.0 Å². The van der Waals surface area contributed by atoms with Gasteiger partial charge in [0.2, 0.25) is 0 Å². The van der Waals surface area contributed by atoms with Crippen LogP contribution in [0.1, 0.15) is 15.2 Å². The highest BCUT2D eigenvalue weighted by molar-refractivity contribution is 7.18. The lowest BCUT2D eigenvalue weighted by atomic mass is 10.1. The van der Waals surface area contributed by atoms with Crippen LogP contribution >= 0.6 is 11.3 Å². The Morgan fingerprint density at radius 3 is 2.48 bits per heavy atom. The molecule has 2 aromatic carbocycles.